The molecule has 248 valence electrons. The van der Waals surface area contributed by atoms with E-state index in [-0.39, 0.29) is 25.0 Å². The lowest BCUT2D eigenvalue weighted by atomic mass is 10.3. The summed E-state index contributed by atoms with van der Waals surface area (Å²) < 4.78 is 17.9. The van der Waals surface area contributed by atoms with Gasteiger partial charge in [-0.15, -0.1) is 0 Å². The molecule has 0 bridgehead atoms. The maximum atomic E-state index is 12.5. The number of hydrogen-bond acceptors (Lipinski definition) is 7. The fourth-order valence-corrected chi connectivity index (χ4v) is 13.3. The maximum Gasteiger partial charge on any atom is 0.333 e. The Hall–Kier alpha value is -2.33. The summed E-state index contributed by atoms with van der Waals surface area (Å²) in [6.07, 6.45) is 1.71. The Morgan fingerprint density at radius 2 is 0.977 bits per heavy atom. The first-order chi connectivity index (χ1) is 19.6. The minimum absolute atomic E-state index is 0.0261. The molecule has 0 aliphatic carbocycles. The topological polar surface area (TPSA) is 120 Å². The van der Waals surface area contributed by atoms with Crippen molar-refractivity contribution in [3.8, 4) is 0 Å². The van der Waals surface area contributed by atoms with Crippen molar-refractivity contribution in [1.82, 2.24) is 10.6 Å². The number of hydrogen-bond donors (Lipinski definition) is 2. The molecule has 0 aromatic heterocycles. The molecule has 0 radical (unpaired) electrons. The van der Waals surface area contributed by atoms with E-state index in [9.17, 15) is 19.2 Å². The van der Waals surface area contributed by atoms with E-state index in [1.807, 2.05) is 28.2 Å². The van der Waals surface area contributed by atoms with E-state index in [0.29, 0.717) is 59.4 Å². The molecule has 0 atom stereocenters. The molecule has 0 rings (SSSR count). The highest BCUT2D eigenvalue weighted by Gasteiger charge is 2.32. The molecule has 11 nitrogen and oxygen atoms in total. The van der Waals surface area contributed by atoms with Gasteiger partial charge in [0.05, 0.1) is 28.2 Å². The normalized spacial score (nSPS) is 12.3. The molecular weight excluding hydrogens is 585 g/mol. The molecule has 0 aromatic rings. The quantitative estimate of drug-likeness (QED) is 0.0612. The highest BCUT2D eigenvalue weighted by atomic mass is 28.4. The smallest absolute Gasteiger partial charge is 0.333 e. The number of quaternary nitrogens is 2. The summed E-state index contributed by atoms with van der Waals surface area (Å²) in [6, 6.07) is 1.90. The standard InChI is InChI=1S/C30H58N4O7Si2/c1-25(2)29(37)39-19-17-33(5,6)23-27(35)31-15-13-21-42(9,10)41-43(11,12)22-14-16-32-28(36)24-34(7,8)18-20-40-30(38)26(3)4/h1,3,13-24H2,2,4-12H3/p+2. The van der Waals surface area contributed by atoms with Gasteiger partial charge in [0.2, 0.25) is 0 Å². The van der Waals surface area contributed by atoms with Crippen molar-refractivity contribution in [3.05, 3.63) is 24.3 Å². The summed E-state index contributed by atoms with van der Waals surface area (Å²) in [7, 11) is 3.90. The molecule has 0 unspecified atom stereocenters. The number of likely N-dealkylation sites (N-methyl/N-ethyl adjacent to an activating group) is 2. The van der Waals surface area contributed by atoms with E-state index in [1.54, 1.807) is 13.8 Å². The molecule has 13 heteroatoms. The monoisotopic (exact) mass is 644 g/mol. The van der Waals surface area contributed by atoms with Gasteiger partial charge >= 0.3 is 11.9 Å². The van der Waals surface area contributed by atoms with Gasteiger partial charge in [0.15, 0.2) is 29.7 Å². The number of esters is 2. The SMILES string of the molecule is C=C(C)C(=O)OCC[N+](C)(C)CC(=O)NCCC[Si](C)(C)O[Si](C)(C)CCCNC(=O)C[N+](C)(C)CCOC(=O)C(=C)C. The summed E-state index contributed by atoms with van der Waals surface area (Å²) in [5, 5.41) is 6.03. The van der Waals surface area contributed by atoms with Crippen molar-refractivity contribution in [2.75, 3.05) is 80.7 Å². The lowest BCUT2D eigenvalue weighted by Crippen LogP contribution is -2.49. The number of carbonyl (C=O) groups excluding carboxylic acids is 4. The van der Waals surface area contributed by atoms with Gasteiger partial charge in [-0.2, -0.15) is 0 Å². The van der Waals surface area contributed by atoms with E-state index in [2.05, 4.69) is 50.0 Å². The largest absolute Gasteiger partial charge is 0.456 e. The highest BCUT2D eigenvalue weighted by molar-refractivity contribution is 6.84. The molecule has 2 amide bonds. The zero-order valence-electron chi connectivity index (χ0n) is 28.7. The summed E-state index contributed by atoms with van der Waals surface area (Å²) in [5.74, 6) is -0.878. The minimum Gasteiger partial charge on any atom is -0.456 e. The molecule has 0 saturated carbocycles. The van der Waals surface area contributed by atoms with Crippen molar-refractivity contribution >= 4 is 40.4 Å². The van der Waals surface area contributed by atoms with Crippen LogP contribution in [-0.4, -0.2) is 130 Å². The van der Waals surface area contributed by atoms with Crippen LogP contribution in [0.15, 0.2) is 24.3 Å². The van der Waals surface area contributed by atoms with E-state index < -0.39 is 28.6 Å². The van der Waals surface area contributed by atoms with Gasteiger partial charge < -0.3 is 33.2 Å². The number of amides is 2. The molecule has 0 aliphatic heterocycles. The first kappa shape index (κ1) is 40.7. The predicted octanol–water partition coefficient (Wildman–Crippen LogP) is 2.82. The molecule has 43 heavy (non-hydrogen) atoms. The zero-order valence-corrected chi connectivity index (χ0v) is 30.7. The molecule has 0 saturated heterocycles. The Morgan fingerprint density at radius 1 is 0.651 bits per heavy atom. The number of carbonyl (C=O) groups is 4. The minimum atomic E-state index is -1.92. The first-order valence-corrected chi connectivity index (χ1v) is 21.3. The van der Waals surface area contributed by atoms with E-state index >= 15 is 0 Å². The number of rotatable bonds is 22. The van der Waals surface area contributed by atoms with Crippen LogP contribution in [0.25, 0.3) is 0 Å². The molecule has 2 N–H and O–H groups in total. The second-order valence-electron chi connectivity index (χ2n) is 14.0. The van der Waals surface area contributed by atoms with Gasteiger partial charge in [0.25, 0.3) is 11.8 Å². The lowest BCUT2D eigenvalue weighted by Gasteiger charge is -2.34. The second-order valence-corrected chi connectivity index (χ2v) is 22.9. The van der Waals surface area contributed by atoms with Gasteiger partial charge in [0, 0.05) is 24.2 Å². The van der Waals surface area contributed by atoms with Crippen LogP contribution >= 0.6 is 0 Å². The Bertz CT molecular complexity index is 906. The lowest BCUT2D eigenvalue weighted by molar-refractivity contribution is -0.882. The van der Waals surface area contributed by atoms with E-state index in [0.717, 1.165) is 24.9 Å². The van der Waals surface area contributed by atoms with Crippen LogP contribution in [0.1, 0.15) is 26.7 Å². The Morgan fingerprint density at radius 3 is 1.28 bits per heavy atom. The average Bonchev–Trinajstić information content (AvgIpc) is 2.82. The van der Waals surface area contributed by atoms with Gasteiger partial charge in [-0.1, -0.05) is 13.2 Å². The molecule has 0 heterocycles. The predicted molar refractivity (Wildman–Crippen MR) is 176 cm³/mol. The summed E-state index contributed by atoms with van der Waals surface area (Å²) >= 11 is 0. The molecule has 0 fully saturated rings. The molecule has 0 aromatic carbocycles. The van der Waals surface area contributed by atoms with Crippen molar-refractivity contribution in [2.45, 2.75) is 65.0 Å². The van der Waals surface area contributed by atoms with Crippen molar-refractivity contribution in [3.63, 3.8) is 0 Å². The van der Waals surface area contributed by atoms with E-state index in [4.69, 9.17) is 13.6 Å². The van der Waals surface area contributed by atoms with Crippen LogP contribution in [0.3, 0.4) is 0 Å². The summed E-state index contributed by atoms with van der Waals surface area (Å²) in [4.78, 5) is 48.0. The third-order valence-corrected chi connectivity index (χ3v) is 14.3. The summed E-state index contributed by atoms with van der Waals surface area (Å²) in [6.45, 7) is 22.6. The van der Waals surface area contributed by atoms with Crippen LogP contribution in [0, 0.1) is 0 Å². The maximum absolute atomic E-state index is 12.5. The number of ether oxygens (including phenoxy) is 2. The number of nitrogens with one attached hydrogen (secondary N) is 2. The van der Waals surface area contributed by atoms with Crippen molar-refractivity contribution in [1.29, 1.82) is 0 Å². The molecule has 0 spiro atoms. The fraction of sp³-hybridized carbons (Fsp3) is 0.733. The van der Waals surface area contributed by atoms with Crippen LogP contribution in [-0.2, 0) is 32.8 Å². The molecule has 0 aliphatic rings. The molecular formula is C30H60N4O7Si2+2. The van der Waals surface area contributed by atoms with Gasteiger partial charge in [-0.3, -0.25) is 9.59 Å². The first-order valence-electron chi connectivity index (χ1n) is 15.1. The van der Waals surface area contributed by atoms with E-state index in [1.165, 1.54) is 0 Å². The Kier molecular flexibility index (Phi) is 17.5. The van der Waals surface area contributed by atoms with Crippen molar-refractivity contribution in [2.24, 2.45) is 0 Å². The van der Waals surface area contributed by atoms with Crippen LogP contribution in [0.5, 0.6) is 0 Å². The van der Waals surface area contributed by atoms with Crippen LogP contribution in [0.2, 0.25) is 38.3 Å². The van der Waals surface area contributed by atoms with Crippen molar-refractivity contribution < 1.29 is 41.7 Å². The van der Waals surface area contributed by atoms with Crippen LogP contribution < -0.4 is 10.6 Å². The fourth-order valence-electron chi connectivity index (χ4n) is 4.40. The zero-order chi connectivity index (χ0) is 33.5. The number of nitrogens with zero attached hydrogens (tertiary/aromatic N) is 2. The van der Waals surface area contributed by atoms with Gasteiger partial charge in [-0.05, 0) is 65.0 Å². The van der Waals surface area contributed by atoms with Gasteiger partial charge in [-0.25, -0.2) is 9.59 Å². The highest BCUT2D eigenvalue weighted by Crippen LogP contribution is 2.23. The van der Waals surface area contributed by atoms with Gasteiger partial charge in [0.1, 0.15) is 26.3 Å². The second kappa shape index (κ2) is 18.5. The van der Waals surface area contributed by atoms with Crippen LogP contribution in [0.4, 0.5) is 0 Å². The Labute approximate surface area is 262 Å². The third kappa shape index (κ3) is 21.1. The summed E-state index contributed by atoms with van der Waals surface area (Å²) in [5.41, 5.74) is 0.726. The average molecular weight is 645 g/mol. The third-order valence-electron chi connectivity index (χ3n) is 6.81. The Balaban J connectivity index is 4.32.